The Hall–Kier alpha value is -0.730. The molecular weight excluding hydrogens is 144 g/mol. The first kappa shape index (κ1) is 7.38. The second kappa shape index (κ2) is 3.44. The molecule has 0 spiro atoms. The molecule has 0 amide bonds. The van der Waals surface area contributed by atoms with Gasteiger partial charge < -0.3 is 5.11 Å². The van der Waals surface area contributed by atoms with Crippen LogP contribution >= 0.6 is 12.2 Å². The minimum Gasteiger partial charge on any atom is -0.383 e. The van der Waals surface area contributed by atoms with E-state index in [4.69, 9.17) is 5.11 Å². The van der Waals surface area contributed by atoms with Gasteiger partial charge in [0.25, 0.3) is 0 Å². The largest absolute Gasteiger partial charge is 0.383 e. The highest BCUT2D eigenvalue weighted by Gasteiger charge is 2.00. The predicted molar refractivity (Wildman–Crippen MR) is 44.0 cm³/mol. The molecule has 1 aromatic carbocycles. The standard InChI is InChI=1S/C8H7OS/c9-8(6-10)7-4-2-1-3-5-7/h1-5,8-9H. The molecule has 0 bridgehead atoms. The minimum atomic E-state index is -0.726. The predicted octanol–water partition coefficient (Wildman–Crippen LogP) is 1.60. The van der Waals surface area contributed by atoms with E-state index in [-0.39, 0.29) is 0 Å². The van der Waals surface area contributed by atoms with Gasteiger partial charge in [0, 0.05) is 0 Å². The maximum atomic E-state index is 9.11. The van der Waals surface area contributed by atoms with Crippen LogP contribution < -0.4 is 0 Å². The van der Waals surface area contributed by atoms with E-state index in [0.29, 0.717) is 0 Å². The maximum Gasteiger partial charge on any atom is 0.115 e. The molecule has 1 atom stereocenters. The van der Waals surface area contributed by atoms with Gasteiger partial charge in [-0.05, 0) is 5.56 Å². The van der Waals surface area contributed by atoms with Crippen molar-refractivity contribution >= 4 is 17.6 Å². The number of aliphatic hydroxyl groups excluding tert-OH is 1. The quantitative estimate of drug-likeness (QED) is 0.648. The van der Waals surface area contributed by atoms with E-state index in [0.717, 1.165) is 5.56 Å². The summed E-state index contributed by atoms with van der Waals surface area (Å²) in [5, 5.41) is 11.4. The summed E-state index contributed by atoms with van der Waals surface area (Å²) in [6.45, 7) is 0. The van der Waals surface area contributed by atoms with Gasteiger partial charge in [-0.25, -0.2) is 0 Å². The Morgan fingerprint density at radius 2 is 1.90 bits per heavy atom. The molecule has 0 heterocycles. The summed E-state index contributed by atoms with van der Waals surface area (Å²) < 4.78 is 0. The molecule has 2 heteroatoms. The summed E-state index contributed by atoms with van der Waals surface area (Å²) >= 11 is 4.46. The van der Waals surface area contributed by atoms with Crippen molar-refractivity contribution in [2.24, 2.45) is 0 Å². The van der Waals surface area contributed by atoms with Gasteiger partial charge in [0.05, 0.1) is 5.37 Å². The second-order valence-corrected chi connectivity index (χ2v) is 2.17. The van der Waals surface area contributed by atoms with Crippen LogP contribution in [0.4, 0.5) is 0 Å². The van der Waals surface area contributed by atoms with Crippen molar-refractivity contribution in [2.45, 2.75) is 6.10 Å². The summed E-state index contributed by atoms with van der Waals surface area (Å²) in [7, 11) is 0. The lowest BCUT2D eigenvalue weighted by Gasteiger charge is -2.00. The van der Waals surface area contributed by atoms with E-state index in [1.165, 1.54) is 0 Å². The van der Waals surface area contributed by atoms with Gasteiger partial charge in [-0.3, -0.25) is 0 Å². The molecule has 0 aliphatic rings. The van der Waals surface area contributed by atoms with E-state index >= 15 is 0 Å². The van der Waals surface area contributed by atoms with E-state index < -0.39 is 6.10 Å². The van der Waals surface area contributed by atoms with Crippen molar-refractivity contribution in [3.05, 3.63) is 35.9 Å². The third-order valence-corrected chi connectivity index (χ3v) is 1.45. The second-order valence-electron chi connectivity index (χ2n) is 1.93. The molecule has 0 aliphatic carbocycles. The molecule has 10 heavy (non-hydrogen) atoms. The fraction of sp³-hybridized carbons (Fsp3) is 0.125. The van der Waals surface area contributed by atoms with E-state index in [2.05, 4.69) is 17.6 Å². The van der Waals surface area contributed by atoms with Crippen LogP contribution in [0.25, 0.3) is 0 Å². The molecule has 0 saturated carbocycles. The Balaban J connectivity index is 2.84. The van der Waals surface area contributed by atoms with Crippen LogP contribution in [0, 0.1) is 0 Å². The summed E-state index contributed by atoms with van der Waals surface area (Å²) in [5.74, 6) is 0. The molecule has 1 N–H and O–H groups in total. The minimum absolute atomic E-state index is 0.726. The van der Waals surface area contributed by atoms with Crippen LogP contribution in [0.1, 0.15) is 11.7 Å². The average molecular weight is 151 g/mol. The van der Waals surface area contributed by atoms with Crippen molar-refractivity contribution in [3.63, 3.8) is 0 Å². The van der Waals surface area contributed by atoms with Crippen LogP contribution in [-0.2, 0) is 0 Å². The first-order valence-corrected chi connectivity index (χ1v) is 3.36. The molecule has 0 aliphatic heterocycles. The SMILES string of the molecule is OC([C]=S)c1ccccc1. The van der Waals surface area contributed by atoms with Crippen LogP contribution in [0.2, 0.25) is 0 Å². The molecule has 0 saturated heterocycles. The topological polar surface area (TPSA) is 20.2 Å². The van der Waals surface area contributed by atoms with Crippen LogP contribution in [-0.4, -0.2) is 10.5 Å². The summed E-state index contributed by atoms with van der Waals surface area (Å²) in [6, 6.07) is 9.21. The lowest BCUT2D eigenvalue weighted by atomic mass is 10.1. The monoisotopic (exact) mass is 151 g/mol. The average Bonchev–Trinajstić information content (AvgIpc) is 2.05. The summed E-state index contributed by atoms with van der Waals surface area (Å²) in [4.78, 5) is 0. The highest BCUT2D eigenvalue weighted by molar-refractivity contribution is 7.79. The maximum absolute atomic E-state index is 9.11. The van der Waals surface area contributed by atoms with Gasteiger partial charge in [0.15, 0.2) is 0 Å². The number of hydrogen-bond acceptors (Lipinski definition) is 2. The molecule has 1 radical (unpaired) electrons. The van der Waals surface area contributed by atoms with Gasteiger partial charge >= 0.3 is 0 Å². The van der Waals surface area contributed by atoms with Gasteiger partial charge in [0.1, 0.15) is 6.10 Å². The summed E-state index contributed by atoms with van der Waals surface area (Å²) in [6.07, 6.45) is -0.726. The van der Waals surface area contributed by atoms with Gasteiger partial charge in [0.2, 0.25) is 0 Å². The Morgan fingerprint density at radius 3 is 2.40 bits per heavy atom. The number of aliphatic hydroxyl groups is 1. The fourth-order valence-electron chi connectivity index (χ4n) is 0.703. The number of thiocarbonyl (C=S) groups is 1. The first-order valence-electron chi connectivity index (χ1n) is 2.95. The molecule has 0 aromatic heterocycles. The number of hydrogen-bond donors (Lipinski definition) is 1. The molecule has 0 fully saturated rings. The highest BCUT2D eigenvalue weighted by Crippen LogP contribution is 2.08. The van der Waals surface area contributed by atoms with Crippen LogP contribution in [0.3, 0.4) is 0 Å². The van der Waals surface area contributed by atoms with E-state index in [9.17, 15) is 0 Å². The van der Waals surface area contributed by atoms with Crippen molar-refractivity contribution in [1.29, 1.82) is 0 Å². The molecule has 1 rings (SSSR count). The molecule has 1 unspecified atom stereocenters. The molecular formula is C8H7OS. The number of rotatable bonds is 2. The summed E-state index contributed by atoms with van der Waals surface area (Å²) in [5.41, 5.74) is 0.789. The fourth-order valence-corrected chi connectivity index (χ4v) is 0.839. The van der Waals surface area contributed by atoms with Gasteiger partial charge in [-0.2, -0.15) is 0 Å². The van der Waals surface area contributed by atoms with Crippen molar-refractivity contribution < 1.29 is 5.11 Å². The normalized spacial score (nSPS) is 12.5. The zero-order chi connectivity index (χ0) is 7.40. The first-order chi connectivity index (χ1) is 4.84. The van der Waals surface area contributed by atoms with Crippen molar-refractivity contribution in [3.8, 4) is 0 Å². The lowest BCUT2D eigenvalue weighted by molar-refractivity contribution is 0.255. The Bertz CT molecular complexity index is 208. The molecule has 51 valence electrons. The van der Waals surface area contributed by atoms with E-state index in [1.807, 2.05) is 30.3 Å². The third-order valence-electron chi connectivity index (χ3n) is 1.23. The number of benzene rings is 1. The van der Waals surface area contributed by atoms with Gasteiger partial charge in [-0.15, -0.1) is 0 Å². The highest BCUT2D eigenvalue weighted by atomic mass is 32.1. The van der Waals surface area contributed by atoms with Crippen LogP contribution in [0.5, 0.6) is 0 Å². The zero-order valence-electron chi connectivity index (χ0n) is 5.32. The lowest BCUT2D eigenvalue weighted by Crippen LogP contribution is -1.95. The third kappa shape index (κ3) is 1.62. The van der Waals surface area contributed by atoms with Crippen LogP contribution in [0.15, 0.2) is 30.3 Å². The Labute approximate surface area is 65.3 Å². The molecule has 1 aromatic rings. The van der Waals surface area contributed by atoms with Crippen molar-refractivity contribution in [2.75, 3.05) is 0 Å². The van der Waals surface area contributed by atoms with E-state index in [1.54, 1.807) is 0 Å². The van der Waals surface area contributed by atoms with Crippen molar-refractivity contribution in [1.82, 2.24) is 0 Å². The smallest absolute Gasteiger partial charge is 0.115 e. The molecule has 1 nitrogen and oxygen atoms in total. The Kier molecular flexibility index (Phi) is 2.54. The van der Waals surface area contributed by atoms with Gasteiger partial charge in [-0.1, -0.05) is 42.5 Å². The zero-order valence-corrected chi connectivity index (χ0v) is 6.14. The Morgan fingerprint density at radius 1 is 1.30 bits per heavy atom.